The van der Waals surface area contributed by atoms with E-state index in [1.807, 2.05) is 62.6 Å². The molecule has 2 aromatic heterocycles. The summed E-state index contributed by atoms with van der Waals surface area (Å²) in [5.41, 5.74) is 13.6. The van der Waals surface area contributed by atoms with Gasteiger partial charge in [0, 0.05) is 30.8 Å². The Bertz CT molecular complexity index is 3180. The number of hydrogen-bond acceptors (Lipinski definition) is 4. The van der Waals surface area contributed by atoms with Crippen LogP contribution in [0.25, 0.3) is 100 Å². The summed E-state index contributed by atoms with van der Waals surface area (Å²) in [7, 11) is 3.63. The molecule has 0 amide bonds. The lowest BCUT2D eigenvalue weighted by Crippen LogP contribution is -2.19. The highest BCUT2D eigenvalue weighted by Gasteiger charge is 2.17. The van der Waals surface area contributed by atoms with Gasteiger partial charge >= 0.3 is 5.69 Å². The quantitative estimate of drug-likeness (QED) is 0.163. The fourth-order valence-corrected chi connectivity index (χ4v) is 8.02. The van der Waals surface area contributed by atoms with Crippen molar-refractivity contribution in [2.24, 2.45) is 14.1 Å². The third-order valence-electron chi connectivity index (χ3n) is 11.1. The van der Waals surface area contributed by atoms with Crippen LogP contribution in [0.5, 0.6) is 0 Å². The molecule has 276 valence electrons. The first kappa shape index (κ1) is 34.8. The molecule has 2 heterocycles. The molecule has 0 saturated heterocycles. The molecule has 10 aromatic rings. The average molecular weight is 748 g/mol. The molecule has 10 rings (SSSR count). The van der Waals surface area contributed by atoms with Crippen molar-refractivity contribution in [2.75, 3.05) is 0 Å². The van der Waals surface area contributed by atoms with E-state index in [9.17, 15) is 4.79 Å². The molecule has 0 fully saturated rings. The van der Waals surface area contributed by atoms with Crippen LogP contribution in [0.1, 0.15) is 0 Å². The van der Waals surface area contributed by atoms with Crippen LogP contribution in [0.2, 0.25) is 0 Å². The molecule has 0 atom stereocenters. The van der Waals surface area contributed by atoms with Gasteiger partial charge in [-0.15, -0.1) is 0 Å². The first-order valence-electron chi connectivity index (χ1n) is 19.4. The molecule has 0 aliphatic heterocycles. The summed E-state index contributed by atoms with van der Waals surface area (Å²) in [6.45, 7) is 0. The first-order valence-corrected chi connectivity index (χ1v) is 19.4. The maximum absolute atomic E-state index is 12.5. The molecule has 0 unspecified atom stereocenters. The molecule has 0 spiro atoms. The molecule has 58 heavy (non-hydrogen) atoms. The Labute approximate surface area is 336 Å². The van der Waals surface area contributed by atoms with E-state index in [1.165, 1.54) is 16.3 Å². The van der Waals surface area contributed by atoms with Gasteiger partial charge in [0.25, 0.3) is 0 Å². The molecule has 8 aromatic carbocycles. The van der Waals surface area contributed by atoms with Crippen LogP contribution in [-0.2, 0) is 14.1 Å². The van der Waals surface area contributed by atoms with Crippen molar-refractivity contribution in [1.82, 2.24) is 24.1 Å². The van der Waals surface area contributed by atoms with Gasteiger partial charge in [0.05, 0.1) is 11.0 Å². The Hall–Kier alpha value is -7.70. The summed E-state index contributed by atoms with van der Waals surface area (Å²) in [6.07, 6.45) is 0. The zero-order valence-corrected chi connectivity index (χ0v) is 32.0. The SMILES string of the molecule is Cn1c(=O)n(C)c2cc(-c3ccc(-c4ccc(-c5ccc(-c6nc(-c7ccccc7)nc(-c7ccccc7-c7ccccc7)n6)cc5)c5ccccc45)cc3)ccc21. The highest BCUT2D eigenvalue weighted by Crippen LogP contribution is 2.38. The molecule has 6 heteroatoms. The Kier molecular flexibility index (Phi) is 8.64. The monoisotopic (exact) mass is 747 g/mol. The zero-order chi connectivity index (χ0) is 39.2. The normalized spacial score (nSPS) is 11.3. The zero-order valence-electron chi connectivity index (χ0n) is 32.0. The third kappa shape index (κ3) is 6.17. The van der Waals surface area contributed by atoms with Crippen LogP contribution >= 0.6 is 0 Å². The number of hydrogen-bond donors (Lipinski definition) is 0. The predicted molar refractivity (Wildman–Crippen MR) is 237 cm³/mol. The van der Waals surface area contributed by atoms with E-state index < -0.39 is 0 Å². The van der Waals surface area contributed by atoms with Crippen molar-refractivity contribution in [3.8, 4) is 78.7 Å². The fourth-order valence-electron chi connectivity index (χ4n) is 8.02. The maximum atomic E-state index is 12.5. The molecular weight excluding hydrogens is 711 g/mol. The summed E-state index contributed by atoms with van der Waals surface area (Å²) in [5, 5.41) is 2.36. The summed E-state index contributed by atoms with van der Waals surface area (Å²) in [4.78, 5) is 27.6. The number of benzene rings is 8. The van der Waals surface area contributed by atoms with E-state index in [0.29, 0.717) is 17.5 Å². The lowest BCUT2D eigenvalue weighted by molar-refractivity contribution is 0.795. The highest BCUT2D eigenvalue weighted by atomic mass is 16.1. The van der Waals surface area contributed by atoms with Crippen LogP contribution in [-0.4, -0.2) is 24.1 Å². The minimum Gasteiger partial charge on any atom is -0.295 e. The number of rotatable bonds is 7. The molecule has 6 nitrogen and oxygen atoms in total. The molecule has 0 radical (unpaired) electrons. The molecule has 0 N–H and O–H groups in total. The summed E-state index contributed by atoms with van der Waals surface area (Å²) >= 11 is 0. The van der Waals surface area contributed by atoms with E-state index in [0.717, 1.165) is 66.7 Å². The van der Waals surface area contributed by atoms with Gasteiger partial charge in [0.2, 0.25) is 0 Å². The van der Waals surface area contributed by atoms with Gasteiger partial charge in [-0.1, -0.05) is 176 Å². The number of nitrogens with zero attached hydrogens (tertiary/aromatic N) is 5. The molecular formula is C52H37N5O. The summed E-state index contributed by atoms with van der Waals surface area (Å²) in [5.74, 6) is 1.88. The van der Waals surface area contributed by atoms with Gasteiger partial charge in [-0.05, 0) is 67.4 Å². The largest absolute Gasteiger partial charge is 0.328 e. The van der Waals surface area contributed by atoms with Crippen LogP contribution in [0.15, 0.2) is 193 Å². The van der Waals surface area contributed by atoms with Crippen LogP contribution < -0.4 is 5.69 Å². The number of fused-ring (bicyclic) bond motifs is 2. The molecule has 0 aliphatic carbocycles. The second-order valence-corrected chi connectivity index (χ2v) is 14.5. The van der Waals surface area contributed by atoms with Gasteiger partial charge < -0.3 is 0 Å². The maximum Gasteiger partial charge on any atom is 0.328 e. The van der Waals surface area contributed by atoms with Crippen LogP contribution in [0.3, 0.4) is 0 Å². The summed E-state index contributed by atoms with van der Waals surface area (Å²) < 4.78 is 3.39. The van der Waals surface area contributed by atoms with E-state index in [2.05, 4.69) is 140 Å². The van der Waals surface area contributed by atoms with Gasteiger partial charge in [-0.25, -0.2) is 19.7 Å². The Morgan fingerprint density at radius 1 is 0.328 bits per heavy atom. The second-order valence-electron chi connectivity index (χ2n) is 14.5. The number of aryl methyl sites for hydroxylation is 2. The Balaban J connectivity index is 0.999. The molecule has 0 saturated carbocycles. The smallest absolute Gasteiger partial charge is 0.295 e. The van der Waals surface area contributed by atoms with Gasteiger partial charge in [-0.2, -0.15) is 0 Å². The van der Waals surface area contributed by atoms with Crippen molar-refractivity contribution in [1.29, 1.82) is 0 Å². The standard InChI is InChI=1S/C52H37N5O/c1-56-47-32-29-40(33-48(47)57(2)52(56)58)34-21-23-36(24-22-34)42-30-31-43(45-19-11-10-18-44(42)45)37-25-27-39(28-26-37)50-53-49(38-15-7-4-8-16-38)54-51(55-50)46-20-12-9-17-41(46)35-13-5-3-6-14-35/h3-33H,1-2H3. The van der Waals surface area contributed by atoms with Crippen molar-refractivity contribution in [2.45, 2.75) is 0 Å². The Morgan fingerprint density at radius 2 is 0.741 bits per heavy atom. The van der Waals surface area contributed by atoms with Crippen molar-refractivity contribution in [3.63, 3.8) is 0 Å². The van der Waals surface area contributed by atoms with E-state index in [-0.39, 0.29) is 5.69 Å². The average Bonchev–Trinajstić information content (AvgIpc) is 3.52. The van der Waals surface area contributed by atoms with Crippen molar-refractivity contribution in [3.05, 3.63) is 199 Å². The lowest BCUT2D eigenvalue weighted by atomic mass is 9.91. The van der Waals surface area contributed by atoms with E-state index in [1.54, 1.807) is 9.13 Å². The van der Waals surface area contributed by atoms with Crippen molar-refractivity contribution >= 4 is 21.8 Å². The van der Waals surface area contributed by atoms with Gasteiger partial charge in [-0.3, -0.25) is 9.13 Å². The second kappa shape index (κ2) is 14.4. The van der Waals surface area contributed by atoms with Gasteiger partial charge in [0.15, 0.2) is 17.5 Å². The predicted octanol–water partition coefficient (Wildman–Crippen LogP) is 11.9. The first-order chi connectivity index (χ1) is 28.5. The van der Waals surface area contributed by atoms with Crippen molar-refractivity contribution < 1.29 is 0 Å². The molecule has 0 bridgehead atoms. The lowest BCUT2D eigenvalue weighted by Gasteiger charge is -2.14. The minimum atomic E-state index is -0.0239. The van der Waals surface area contributed by atoms with E-state index >= 15 is 0 Å². The van der Waals surface area contributed by atoms with Crippen LogP contribution in [0.4, 0.5) is 0 Å². The number of aromatic nitrogens is 5. The van der Waals surface area contributed by atoms with Gasteiger partial charge in [0.1, 0.15) is 0 Å². The highest BCUT2D eigenvalue weighted by molar-refractivity contribution is 6.05. The fraction of sp³-hybridized carbons (Fsp3) is 0.0385. The van der Waals surface area contributed by atoms with Crippen LogP contribution in [0, 0.1) is 0 Å². The van der Waals surface area contributed by atoms with E-state index in [4.69, 9.17) is 15.0 Å². The summed E-state index contributed by atoms with van der Waals surface area (Å²) in [6, 6.07) is 65.2. The minimum absolute atomic E-state index is 0.0239. The number of imidazole rings is 1. The third-order valence-corrected chi connectivity index (χ3v) is 11.1. The molecule has 0 aliphatic rings. The Morgan fingerprint density at radius 3 is 1.34 bits per heavy atom. The topological polar surface area (TPSA) is 65.6 Å².